The van der Waals surface area contributed by atoms with E-state index < -0.39 is 53.1 Å². The molecule has 0 aromatic heterocycles. The van der Waals surface area contributed by atoms with Crippen LogP contribution < -0.4 is 4.74 Å². The van der Waals surface area contributed by atoms with Crippen LogP contribution in [-0.2, 0) is 9.53 Å². The zero-order chi connectivity index (χ0) is 18.4. The molecular weight excluding hydrogens is 339 g/mol. The number of carbonyl (C=O) groups is 1. The molecule has 2 rings (SSSR count). The Morgan fingerprint density at radius 1 is 1.33 bits per heavy atom. The number of benzene rings is 1. The van der Waals surface area contributed by atoms with Gasteiger partial charge in [-0.1, -0.05) is 13.0 Å². The summed E-state index contributed by atoms with van der Waals surface area (Å²) >= 11 is 0. The van der Waals surface area contributed by atoms with Crippen molar-refractivity contribution in [2.45, 2.75) is 37.6 Å². The molecule has 0 amide bonds. The van der Waals surface area contributed by atoms with Crippen LogP contribution in [0.25, 0.3) is 0 Å². The van der Waals surface area contributed by atoms with Crippen LogP contribution in [0.3, 0.4) is 0 Å². The highest BCUT2D eigenvalue weighted by Crippen LogP contribution is 2.54. The lowest BCUT2D eigenvalue weighted by Gasteiger charge is -2.31. The quantitative estimate of drug-likeness (QED) is 0.845. The van der Waals surface area contributed by atoms with Gasteiger partial charge < -0.3 is 14.6 Å². The minimum absolute atomic E-state index is 0.190. The van der Waals surface area contributed by atoms with Gasteiger partial charge >= 0.3 is 12.1 Å². The van der Waals surface area contributed by atoms with Crippen LogP contribution >= 0.6 is 0 Å². The molecule has 0 aliphatic carbocycles. The highest BCUT2D eigenvalue weighted by molar-refractivity contribution is 5.75. The molecule has 1 aliphatic heterocycles. The van der Waals surface area contributed by atoms with Gasteiger partial charge in [-0.3, -0.25) is 0 Å². The van der Waals surface area contributed by atoms with Crippen molar-refractivity contribution in [2.75, 3.05) is 7.11 Å². The van der Waals surface area contributed by atoms with Crippen molar-refractivity contribution in [2.24, 2.45) is 5.92 Å². The summed E-state index contributed by atoms with van der Waals surface area (Å²) in [4.78, 5) is 11.4. The number of carboxylic acids is 1. The molecule has 1 saturated heterocycles. The van der Waals surface area contributed by atoms with Crippen LogP contribution in [-0.4, -0.2) is 36.1 Å². The average molecular weight is 354 g/mol. The summed E-state index contributed by atoms with van der Waals surface area (Å²) in [5.74, 6) is -7.67. The number of methoxy groups -OCH3 is 1. The van der Waals surface area contributed by atoms with E-state index in [1.165, 1.54) is 0 Å². The molecule has 1 heterocycles. The van der Waals surface area contributed by atoms with Crippen LogP contribution in [0.5, 0.6) is 5.75 Å². The fourth-order valence-corrected chi connectivity index (χ4v) is 3.03. The fourth-order valence-electron chi connectivity index (χ4n) is 3.03. The highest BCUT2D eigenvalue weighted by Gasteiger charge is 2.66. The van der Waals surface area contributed by atoms with E-state index in [0.29, 0.717) is 6.07 Å². The van der Waals surface area contributed by atoms with Crippen molar-refractivity contribution < 1.29 is 41.3 Å². The normalized spacial score (nSPS) is 30.4. The Labute approximate surface area is 134 Å². The second kappa shape index (κ2) is 5.87. The Morgan fingerprint density at radius 3 is 2.38 bits per heavy atom. The molecule has 0 saturated carbocycles. The summed E-state index contributed by atoms with van der Waals surface area (Å²) in [6, 6.07) is 1.72. The topological polar surface area (TPSA) is 55.8 Å². The van der Waals surface area contributed by atoms with Crippen LogP contribution in [0, 0.1) is 17.6 Å². The lowest BCUT2D eigenvalue weighted by molar-refractivity contribution is -0.273. The van der Waals surface area contributed by atoms with Crippen molar-refractivity contribution in [3.8, 4) is 5.75 Å². The van der Waals surface area contributed by atoms with Gasteiger partial charge in [-0.25, -0.2) is 9.18 Å². The second-order valence-electron chi connectivity index (χ2n) is 5.78. The molecule has 2 unspecified atom stereocenters. The first kappa shape index (κ1) is 18.4. The minimum atomic E-state index is -4.85. The van der Waals surface area contributed by atoms with Gasteiger partial charge in [-0.05, 0) is 13.0 Å². The molecule has 1 fully saturated rings. The monoisotopic (exact) mass is 354 g/mol. The van der Waals surface area contributed by atoms with Crippen LogP contribution in [0.15, 0.2) is 12.1 Å². The maximum absolute atomic E-state index is 13.9. The van der Waals surface area contributed by atoms with E-state index in [0.717, 1.165) is 27.0 Å². The third-order valence-corrected chi connectivity index (χ3v) is 4.56. The molecule has 1 aliphatic rings. The predicted molar refractivity (Wildman–Crippen MR) is 71.8 cm³/mol. The van der Waals surface area contributed by atoms with Crippen molar-refractivity contribution in [1.82, 2.24) is 0 Å². The minimum Gasteiger partial charge on any atom is -0.493 e. The van der Waals surface area contributed by atoms with Gasteiger partial charge in [0.25, 0.3) is 0 Å². The first-order valence-electron chi connectivity index (χ1n) is 6.95. The van der Waals surface area contributed by atoms with Crippen LogP contribution in [0.1, 0.15) is 25.3 Å². The first-order valence-corrected chi connectivity index (χ1v) is 6.95. The Kier molecular flexibility index (Phi) is 4.51. The molecule has 24 heavy (non-hydrogen) atoms. The molecule has 1 N–H and O–H groups in total. The van der Waals surface area contributed by atoms with Crippen molar-refractivity contribution >= 4 is 5.97 Å². The Bertz CT molecular complexity index is 660. The molecule has 9 heteroatoms. The first-order chi connectivity index (χ1) is 11.0. The second-order valence-corrected chi connectivity index (χ2v) is 5.78. The van der Waals surface area contributed by atoms with Gasteiger partial charge in [-0.15, -0.1) is 0 Å². The van der Waals surface area contributed by atoms with Crippen molar-refractivity contribution in [3.05, 3.63) is 29.3 Å². The predicted octanol–water partition coefficient (Wildman–Crippen LogP) is 3.50. The average Bonchev–Trinajstić information content (AvgIpc) is 2.75. The molecule has 0 bridgehead atoms. The van der Waals surface area contributed by atoms with Gasteiger partial charge in [0.2, 0.25) is 5.82 Å². The number of ether oxygens (including phenoxy) is 2. The zero-order valence-electron chi connectivity index (χ0n) is 12.9. The van der Waals surface area contributed by atoms with E-state index in [1.807, 2.05) is 0 Å². The summed E-state index contributed by atoms with van der Waals surface area (Å²) in [5, 5.41) is 9.25. The van der Waals surface area contributed by atoms with E-state index in [1.54, 1.807) is 0 Å². The number of alkyl halides is 3. The molecule has 0 radical (unpaired) electrons. The highest BCUT2D eigenvalue weighted by atomic mass is 19.4. The van der Waals surface area contributed by atoms with Crippen molar-refractivity contribution in [1.29, 1.82) is 0 Å². The third-order valence-electron chi connectivity index (χ3n) is 4.56. The number of aliphatic carboxylic acids is 1. The zero-order valence-corrected chi connectivity index (χ0v) is 12.9. The summed E-state index contributed by atoms with van der Waals surface area (Å²) in [5.41, 5.74) is -2.94. The molecule has 134 valence electrons. The van der Waals surface area contributed by atoms with Crippen molar-refractivity contribution in [3.63, 3.8) is 0 Å². The van der Waals surface area contributed by atoms with Gasteiger partial charge in [0.15, 0.2) is 23.3 Å². The van der Waals surface area contributed by atoms with Crippen LogP contribution in [0.4, 0.5) is 22.0 Å². The number of halogens is 5. The van der Waals surface area contributed by atoms with Gasteiger partial charge in [-0.2, -0.15) is 17.6 Å². The van der Waals surface area contributed by atoms with E-state index >= 15 is 0 Å². The number of hydrogen-bond donors (Lipinski definition) is 1. The maximum Gasteiger partial charge on any atom is 0.417 e. The number of hydrogen-bond acceptors (Lipinski definition) is 3. The number of rotatable bonds is 3. The van der Waals surface area contributed by atoms with E-state index in [-0.39, 0.29) is 5.56 Å². The van der Waals surface area contributed by atoms with E-state index in [9.17, 15) is 31.9 Å². The molecular formula is C15H15F5O4. The fraction of sp³-hybridized carbons (Fsp3) is 0.533. The molecule has 1 aromatic carbocycles. The van der Waals surface area contributed by atoms with E-state index in [2.05, 4.69) is 0 Å². The smallest absolute Gasteiger partial charge is 0.417 e. The standard InChI is InChI=1S/C15H15F5O4/c1-6-9(7-4-5-8(16)10(17)11(7)23-3)12(13(21)22)24-14(6,2)15(18,19)20/h4-6,9,12H,1-3H3,(H,21,22)/t6-,9?,12?,14+/m0/s1. The summed E-state index contributed by atoms with van der Waals surface area (Å²) in [6.45, 7) is 1.89. The largest absolute Gasteiger partial charge is 0.493 e. The molecule has 4 atom stereocenters. The summed E-state index contributed by atoms with van der Waals surface area (Å²) in [7, 11) is 1.01. The Hall–Kier alpha value is -1.90. The van der Waals surface area contributed by atoms with Gasteiger partial charge in [0.1, 0.15) is 0 Å². The Morgan fingerprint density at radius 2 is 1.92 bits per heavy atom. The number of carboxylic acid groups (broad SMARTS) is 1. The molecule has 0 spiro atoms. The van der Waals surface area contributed by atoms with Gasteiger partial charge in [0.05, 0.1) is 7.11 Å². The Balaban J connectivity index is 2.64. The van der Waals surface area contributed by atoms with E-state index in [4.69, 9.17) is 9.47 Å². The third kappa shape index (κ3) is 2.60. The van der Waals surface area contributed by atoms with Gasteiger partial charge in [0, 0.05) is 17.4 Å². The lowest BCUT2D eigenvalue weighted by Crippen LogP contribution is -2.47. The summed E-state index contributed by atoms with van der Waals surface area (Å²) in [6.07, 6.45) is -6.73. The molecule has 1 aromatic rings. The molecule has 4 nitrogen and oxygen atoms in total. The van der Waals surface area contributed by atoms with Crippen LogP contribution in [0.2, 0.25) is 0 Å². The summed E-state index contributed by atoms with van der Waals surface area (Å²) < 4.78 is 76.9. The SMILES string of the molecule is COc1c(C2C(C(=O)O)O[C@@](C)(C(F)(F)F)[C@H]2C)ccc(F)c1F. The maximum atomic E-state index is 13.9. The lowest BCUT2D eigenvalue weighted by atomic mass is 9.77.